The van der Waals surface area contributed by atoms with Crippen molar-refractivity contribution < 1.29 is 8.42 Å². The first kappa shape index (κ1) is 19.0. The molecular weight excluding hydrogens is 426 g/mol. The van der Waals surface area contributed by atoms with Crippen LogP contribution in [0.1, 0.15) is 12.8 Å². The largest absolute Gasteiger partial charge is 0.369 e. The Morgan fingerprint density at radius 3 is 2.70 bits per heavy atom. The van der Waals surface area contributed by atoms with Crippen molar-refractivity contribution in [3.05, 3.63) is 30.3 Å². The lowest BCUT2D eigenvalue weighted by atomic mass is 9.98. The van der Waals surface area contributed by atoms with Crippen molar-refractivity contribution in [3.63, 3.8) is 0 Å². The number of imidazole rings is 1. The molecule has 2 aromatic heterocycles. The quantitative estimate of drug-likeness (QED) is 0.275. The number of H-pyrrole nitrogens is 2. The third kappa shape index (κ3) is 3.41. The van der Waals surface area contributed by atoms with Crippen LogP contribution in [0.25, 0.3) is 33.5 Å². The maximum atomic E-state index is 12.7. The number of nitrogen functional groups attached to an aromatic ring is 1. The molecule has 1 fully saturated rings. The summed E-state index contributed by atoms with van der Waals surface area (Å²) in [6, 6.07) is 9.36. The van der Waals surface area contributed by atoms with Crippen LogP contribution >= 0.6 is 11.9 Å². The van der Waals surface area contributed by atoms with Crippen LogP contribution < -0.4 is 15.6 Å². The topological polar surface area (TPSA) is 181 Å². The highest BCUT2D eigenvalue weighted by molar-refractivity contribution is 7.98. The summed E-state index contributed by atoms with van der Waals surface area (Å²) in [5, 5.41) is 19.7. The van der Waals surface area contributed by atoms with Crippen molar-refractivity contribution in [2.24, 2.45) is 5.14 Å². The Balaban J connectivity index is 1.81. The van der Waals surface area contributed by atoms with Gasteiger partial charge >= 0.3 is 0 Å². The predicted molar refractivity (Wildman–Crippen MR) is 113 cm³/mol. The molecule has 30 heavy (non-hydrogen) atoms. The van der Waals surface area contributed by atoms with Gasteiger partial charge in [-0.3, -0.25) is 4.72 Å². The maximum Gasteiger partial charge on any atom is 0.239 e. The molecule has 1 aliphatic rings. The van der Waals surface area contributed by atoms with Gasteiger partial charge in [0.2, 0.25) is 15.8 Å². The highest BCUT2D eigenvalue weighted by Gasteiger charge is 2.29. The molecule has 0 unspecified atom stereocenters. The SMILES string of the molecule is Nc1nc2c(-c3ccc(SNC4CC4)c(S(N)(=O)=O)c3-c3nn[nH]n3)cccc2[nH]1. The van der Waals surface area contributed by atoms with Crippen molar-refractivity contribution in [1.29, 1.82) is 0 Å². The maximum absolute atomic E-state index is 12.7. The number of aromatic nitrogens is 6. The van der Waals surface area contributed by atoms with Crippen molar-refractivity contribution in [2.45, 2.75) is 28.7 Å². The lowest BCUT2D eigenvalue weighted by Gasteiger charge is -2.16. The number of nitrogens with two attached hydrogens (primary N) is 2. The third-order valence-electron chi connectivity index (χ3n) is 4.71. The van der Waals surface area contributed by atoms with Crippen LogP contribution in [0.4, 0.5) is 5.95 Å². The monoisotopic (exact) mass is 443 g/mol. The molecule has 0 saturated heterocycles. The summed E-state index contributed by atoms with van der Waals surface area (Å²) in [4.78, 5) is 7.72. The molecule has 0 atom stereocenters. The van der Waals surface area contributed by atoms with Gasteiger partial charge in [-0.15, -0.1) is 10.2 Å². The molecule has 0 aliphatic heterocycles. The lowest BCUT2D eigenvalue weighted by Crippen LogP contribution is -2.17. The number of benzene rings is 2. The highest BCUT2D eigenvalue weighted by Crippen LogP contribution is 2.42. The molecule has 7 N–H and O–H groups in total. The van der Waals surface area contributed by atoms with Crippen LogP contribution in [0, 0.1) is 0 Å². The van der Waals surface area contributed by atoms with Gasteiger partial charge in [0.25, 0.3) is 0 Å². The Bertz CT molecular complexity index is 1350. The Labute approximate surface area is 175 Å². The molecule has 0 radical (unpaired) electrons. The molecule has 5 rings (SSSR count). The van der Waals surface area contributed by atoms with Crippen LogP contribution in [-0.2, 0) is 10.0 Å². The van der Waals surface area contributed by atoms with Crippen molar-refractivity contribution >= 4 is 39.0 Å². The standard InChI is InChI=1S/C17H17N9O2S2/c18-17-20-11-3-1-2-10(14(11)21-17)9-6-7-12(29-24-8-4-5-8)15(30(19,27)28)13(9)16-22-25-26-23-16/h1-3,6-8,24H,4-5H2,(H3,18,20,21)(H2,19,27,28)(H,22,23,25,26). The normalized spacial score (nSPS) is 14.4. The van der Waals surface area contributed by atoms with Gasteiger partial charge in [-0.05, 0) is 47.7 Å². The number of primary sulfonamides is 1. The zero-order valence-electron chi connectivity index (χ0n) is 15.5. The van der Waals surface area contributed by atoms with E-state index in [9.17, 15) is 8.42 Å². The van der Waals surface area contributed by atoms with Crippen molar-refractivity contribution in [2.75, 3.05) is 5.73 Å². The minimum Gasteiger partial charge on any atom is -0.369 e. The molecule has 0 bridgehead atoms. The molecule has 154 valence electrons. The van der Waals surface area contributed by atoms with E-state index >= 15 is 0 Å². The van der Waals surface area contributed by atoms with Gasteiger partial charge in [0.15, 0.2) is 5.95 Å². The summed E-state index contributed by atoms with van der Waals surface area (Å²) < 4.78 is 28.6. The van der Waals surface area contributed by atoms with Gasteiger partial charge in [0, 0.05) is 16.5 Å². The Morgan fingerprint density at radius 1 is 1.17 bits per heavy atom. The number of aromatic amines is 2. The van der Waals surface area contributed by atoms with Gasteiger partial charge in [0.05, 0.1) is 16.6 Å². The average molecular weight is 444 g/mol. The zero-order valence-corrected chi connectivity index (χ0v) is 17.1. The number of tetrazole rings is 1. The molecule has 0 spiro atoms. The number of hydrogen-bond donors (Lipinski definition) is 5. The van der Waals surface area contributed by atoms with Crippen molar-refractivity contribution in [3.8, 4) is 22.5 Å². The summed E-state index contributed by atoms with van der Waals surface area (Å²) in [5.74, 6) is 0.370. The first-order valence-electron chi connectivity index (χ1n) is 9.02. The predicted octanol–water partition coefficient (Wildman–Crippen LogP) is 1.40. The third-order valence-corrected chi connectivity index (χ3v) is 6.84. The first-order valence-corrected chi connectivity index (χ1v) is 11.4. The number of para-hydroxylation sites is 1. The average Bonchev–Trinajstić information content (AvgIpc) is 3.20. The van der Waals surface area contributed by atoms with E-state index in [1.165, 1.54) is 11.9 Å². The van der Waals surface area contributed by atoms with Gasteiger partial charge < -0.3 is 10.7 Å². The highest BCUT2D eigenvalue weighted by atomic mass is 32.2. The number of fused-ring (bicyclic) bond motifs is 1. The summed E-state index contributed by atoms with van der Waals surface area (Å²) in [5.41, 5.74) is 8.61. The summed E-state index contributed by atoms with van der Waals surface area (Å²) in [6.07, 6.45) is 2.10. The Morgan fingerprint density at radius 2 is 2.00 bits per heavy atom. The fraction of sp³-hybridized carbons (Fsp3) is 0.176. The van der Waals surface area contributed by atoms with Crippen LogP contribution in [0.3, 0.4) is 0 Å². The fourth-order valence-corrected chi connectivity index (χ4v) is 5.42. The second-order valence-electron chi connectivity index (χ2n) is 6.91. The molecule has 1 aliphatic carbocycles. The fourth-order valence-electron chi connectivity index (χ4n) is 3.26. The smallest absolute Gasteiger partial charge is 0.239 e. The number of nitrogens with zero attached hydrogens (tertiary/aromatic N) is 4. The number of nitrogens with one attached hydrogen (secondary N) is 3. The van der Waals surface area contributed by atoms with E-state index < -0.39 is 10.0 Å². The molecule has 2 heterocycles. The lowest BCUT2D eigenvalue weighted by molar-refractivity contribution is 0.596. The Hall–Kier alpha value is -3.00. The minimum atomic E-state index is -4.13. The van der Waals surface area contributed by atoms with Gasteiger partial charge in [-0.25, -0.2) is 18.5 Å². The number of anilines is 1. The van der Waals surface area contributed by atoms with Crippen LogP contribution in [0.2, 0.25) is 0 Å². The van der Waals surface area contributed by atoms with Crippen molar-refractivity contribution in [1.82, 2.24) is 35.3 Å². The van der Waals surface area contributed by atoms with E-state index in [0.29, 0.717) is 27.6 Å². The van der Waals surface area contributed by atoms with E-state index in [1.54, 1.807) is 12.1 Å². The molecule has 13 heteroatoms. The van der Waals surface area contributed by atoms with E-state index in [2.05, 4.69) is 35.3 Å². The zero-order chi connectivity index (χ0) is 20.9. The summed E-state index contributed by atoms with van der Waals surface area (Å²) in [7, 11) is -4.13. The van der Waals surface area contributed by atoms with E-state index in [0.717, 1.165) is 18.4 Å². The van der Waals surface area contributed by atoms with E-state index in [4.69, 9.17) is 10.9 Å². The summed E-state index contributed by atoms with van der Waals surface area (Å²) >= 11 is 1.23. The number of sulfonamides is 1. The van der Waals surface area contributed by atoms with E-state index in [-0.39, 0.29) is 22.2 Å². The molecule has 0 amide bonds. The van der Waals surface area contributed by atoms with Gasteiger partial charge in [-0.1, -0.05) is 18.2 Å². The number of hydrogen-bond acceptors (Lipinski definition) is 9. The Kier molecular flexibility index (Phi) is 4.47. The molecule has 2 aromatic carbocycles. The van der Waals surface area contributed by atoms with Gasteiger partial charge in [0.1, 0.15) is 4.90 Å². The second-order valence-corrected chi connectivity index (χ2v) is 9.29. The van der Waals surface area contributed by atoms with Crippen LogP contribution in [-0.4, -0.2) is 45.1 Å². The molecular formula is C17H17N9O2S2. The van der Waals surface area contributed by atoms with Gasteiger partial charge in [-0.2, -0.15) is 5.21 Å². The van der Waals surface area contributed by atoms with E-state index in [1.807, 2.05) is 18.2 Å². The first-order chi connectivity index (χ1) is 14.4. The molecule has 4 aromatic rings. The van der Waals surface area contributed by atoms with Crippen LogP contribution in [0.5, 0.6) is 0 Å². The molecule has 11 nitrogen and oxygen atoms in total. The number of rotatable bonds is 6. The molecule has 1 saturated carbocycles. The minimum absolute atomic E-state index is 0.0694. The van der Waals surface area contributed by atoms with Crippen LogP contribution in [0.15, 0.2) is 40.1 Å². The second kappa shape index (κ2) is 7.05. The summed E-state index contributed by atoms with van der Waals surface area (Å²) in [6.45, 7) is 0.